The molecule has 0 atom stereocenters. The molecule has 1 rings (SSSR count). The fourth-order valence-electron chi connectivity index (χ4n) is 1.52. The van der Waals surface area contributed by atoms with E-state index in [1.807, 2.05) is 31.2 Å². The molecule has 0 aliphatic rings. The molecule has 4 heteroatoms. The van der Waals surface area contributed by atoms with Crippen LogP contribution in [0.4, 0.5) is 0 Å². The normalized spacial score (nSPS) is 11.9. The highest BCUT2D eigenvalue weighted by Gasteiger charge is 2.29. The van der Waals surface area contributed by atoms with Gasteiger partial charge in [-0.15, -0.1) is 0 Å². The Morgan fingerprint density at radius 3 is 2.59 bits per heavy atom. The standard InChI is InChI=1S/C13H20O3Si/c1-5-11-8-7-9-12(10-11)16-17-13(6-2,14-3)15-4/h5,7-10H,1,6,17H2,2-4H3. The van der Waals surface area contributed by atoms with Crippen LogP contribution >= 0.6 is 0 Å². The first kappa shape index (κ1) is 14.0. The number of benzene rings is 1. The lowest BCUT2D eigenvalue weighted by atomic mass is 10.2. The zero-order chi connectivity index (χ0) is 12.7. The molecule has 0 N–H and O–H groups in total. The molecule has 1 aromatic rings. The van der Waals surface area contributed by atoms with Crippen molar-refractivity contribution >= 4 is 15.8 Å². The summed E-state index contributed by atoms with van der Waals surface area (Å²) < 4.78 is 16.6. The summed E-state index contributed by atoms with van der Waals surface area (Å²) in [6.45, 7) is 5.77. The van der Waals surface area contributed by atoms with Crippen LogP contribution in [0.1, 0.15) is 18.9 Å². The minimum atomic E-state index is -0.982. The Bertz CT molecular complexity index is 353. The largest absolute Gasteiger partial charge is 0.543 e. The first-order chi connectivity index (χ1) is 8.19. The summed E-state index contributed by atoms with van der Waals surface area (Å²) >= 11 is 0. The lowest BCUT2D eigenvalue weighted by Crippen LogP contribution is -2.42. The van der Waals surface area contributed by atoms with Gasteiger partial charge in [0.1, 0.15) is 5.75 Å². The lowest BCUT2D eigenvalue weighted by Gasteiger charge is -2.28. The molecule has 0 amide bonds. The van der Waals surface area contributed by atoms with Gasteiger partial charge in [0.15, 0.2) is 5.41 Å². The SMILES string of the molecule is C=Cc1cccc(O[SiH2]C(CC)(OC)OC)c1. The van der Waals surface area contributed by atoms with Crippen LogP contribution in [0.2, 0.25) is 0 Å². The molecule has 0 unspecified atom stereocenters. The quantitative estimate of drug-likeness (QED) is 0.550. The number of rotatable bonds is 7. The summed E-state index contributed by atoms with van der Waals surface area (Å²) in [5.74, 6) is 0.848. The van der Waals surface area contributed by atoms with Gasteiger partial charge in [-0.05, 0) is 24.1 Å². The van der Waals surface area contributed by atoms with Gasteiger partial charge in [0.2, 0.25) is 0 Å². The van der Waals surface area contributed by atoms with Crippen LogP contribution in [-0.4, -0.2) is 29.4 Å². The van der Waals surface area contributed by atoms with E-state index < -0.39 is 15.2 Å². The molecule has 0 fully saturated rings. The van der Waals surface area contributed by atoms with E-state index in [2.05, 4.69) is 6.58 Å². The van der Waals surface area contributed by atoms with Gasteiger partial charge < -0.3 is 13.9 Å². The van der Waals surface area contributed by atoms with Crippen molar-refractivity contribution in [2.24, 2.45) is 0 Å². The van der Waals surface area contributed by atoms with Crippen LogP contribution in [0, 0.1) is 0 Å². The van der Waals surface area contributed by atoms with Gasteiger partial charge in [0.25, 0.3) is 9.76 Å². The van der Waals surface area contributed by atoms with E-state index in [9.17, 15) is 0 Å². The molecule has 17 heavy (non-hydrogen) atoms. The number of hydrogen-bond donors (Lipinski definition) is 0. The molecule has 0 heterocycles. The smallest absolute Gasteiger partial charge is 0.282 e. The Morgan fingerprint density at radius 1 is 1.35 bits per heavy atom. The number of methoxy groups -OCH3 is 2. The molecule has 1 aromatic carbocycles. The van der Waals surface area contributed by atoms with E-state index in [1.165, 1.54) is 0 Å². The summed E-state index contributed by atoms with van der Waals surface area (Å²) in [5.41, 5.74) is 0.512. The monoisotopic (exact) mass is 252 g/mol. The van der Waals surface area contributed by atoms with Gasteiger partial charge >= 0.3 is 0 Å². The maximum absolute atomic E-state index is 5.83. The second-order valence-corrected chi connectivity index (χ2v) is 5.39. The van der Waals surface area contributed by atoms with E-state index in [0.29, 0.717) is 0 Å². The molecule has 0 aliphatic carbocycles. The van der Waals surface area contributed by atoms with E-state index >= 15 is 0 Å². The lowest BCUT2D eigenvalue weighted by molar-refractivity contribution is -0.150. The molecule has 3 nitrogen and oxygen atoms in total. The zero-order valence-electron chi connectivity index (χ0n) is 10.7. The van der Waals surface area contributed by atoms with Gasteiger partial charge in [0, 0.05) is 14.2 Å². The second kappa shape index (κ2) is 6.59. The van der Waals surface area contributed by atoms with Gasteiger partial charge in [0.05, 0.1) is 0 Å². The number of ether oxygens (including phenoxy) is 2. The molecule has 0 saturated carbocycles. The molecule has 0 bridgehead atoms. The van der Waals surface area contributed by atoms with Gasteiger partial charge in [-0.1, -0.05) is 31.7 Å². The van der Waals surface area contributed by atoms with Crippen LogP contribution < -0.4 is 4.43 Å². The summed E-state index contributed by atoms with van der Waals surface area (Å²) in [5, 5.41) is 0. The van der Waals surface area contributed by atoms with Crippen molar-refractivity contribution in [1.82, 2.24) is 0 Å². The Morgan fingerprint density at radius 2 is 2.06 bits per heavy atom. The summed E-state index contributed by atoms with van der Waals surface area (Å²) in [6.07, 6.45) is 2.58. The zero-order valence-corrected chi connectivity index (χ0v) is 12.1. The minimum absolute atomic E-state index is 0.538. The van der Waals surface area contributed by atoms with E-state index in [0.717, 1.165) is 17.7 Å². The molecule has 0 spiro atoms. The molecule has 94 valence electrons. The fourth-order valence-corrected chi connectivity index (χ4v) is 2.52. The first-order valence-corrected chi connectivity index (χ1v) is 6.93. The van der Waals surface area contributed by atoms with Crippen molar-refractivity contribution in [3.05, 3.63) is 36.4 Å². The molecule has 0 aliphatic heterocycles. The molecule has 0 saturated heterocycles. The average molecular weight is 252 g/mol. The summed E-state index contributed by atoms with van der Waals surface area (Å²) in [6, 6.07) is 7.84. The number of hydrogen-bond acceptors (Lipinski definition) is 3. The van der Waals surface area contributed by atoms with Crippen LogP contribution in [0.25, 0.3) is 6.08 Å². The Hall–Kier alpha value is -1.10. The van der Waals surface area contributed by atoms with E-state index in [1.54, 1.807) is 20.3 Å². The molecule has 0 radical (unpaired) electrons. The third kappa shape index (κ3) is 3.69. The van der Waals surface area contributed by atoms with Crippen LogP contribution in [0.5, 0.6) is 5.75 Å². The van der Waals surface area contributed by atoms with Crippen molar-refractivity contribution in [2.45, 2.75) is 18.8 Å². The predicted molar refractivity (Wildman–Crippen MR) is 72.7 cm³/mol. The topological polar surface area (TPSA) is 27.7 Å². The van der Waals surface area contributed by atoms with Crippen molar-refractivity contribution < 1.29 is 13.9 Å². The molecular weight excluding hydrogens is 232 g/mol. The van der Waals surface area contributed by atoms with Crippen LogP contribution in [0.3, 0.4) is 0 Å². The van der Waals surface area contributed by atoms with Crippen molar-refractivity contribution in [2.75, 3.05) is 14.2 Å². The maximum Gasteiger partial charge on any atom is 0.282 e. The van der Waals surface area contributed by atoms with E-state index in [-0.39, 0.29) is 0 Å². The maximum atomic E-state index is 5.83. The predicted octanol–water partition coefficient (Wildman–Crippen LogP) is 2.15. The minimum Gasteiger partial charge on any atom is -0.543 e. The Kier molecular flexibility index (Phi) is 5.41. The molecule has 0 aromatic heterocycles. The van der Waals surface area contributed by atoms with E-state index in [4.69, 9.17) is 13.9 Å². The highest BCUT2D eigenvalue weighted by atomic mass is 28.2. The van der Waals surface area contributed by atoms with Crippen LogP contribution in [0.15, 0.2) is 30.8 Å². The first-order valence-electron chi connectivity index (χ1n) is 5.65. The summed E-state index contributed by atoms with van der Waals surface area (Å²) in [7, 11) is 2.33. The molecular formula is C13H20O3Si. The third-order valence-electron chi connectivity index (χ3n) is 2.84. The highest BCUT2D eigenvalue weighted by molar-refractivity contribution is 6.32. The van der Waals surface area contributed by atoms with Crippen molar-refractivity contribution in [1.29, 1.82) is 0 Å². The highest BCUT2D eigenvalue weighted by Crippen LogP contribution is 2.18. The Balaban J connectivity index is 2.68. The van der Waals surface area contributed by atoms with Gasteiger partial charge in [-0.25, -0.2) is 0 Å². The van der Waals surface area contributed by atoms with Crippen LogP contribution in [-0.2, 0) is 9.47 Å². The third-order valence-corrected chi connectivity index (χ3v) is 4.83. The fraction of sp³-hybridized carbons (Fsp3) is 0.385. The second-order valence-electron chi connectivity index (χ2n) is 3.74. The average Bonchev–Trinajstić information content (AvgIpc) is 2.41. The van der Waals surface area contributed by atoms with Crippen molar-refractivity contribution in [3.8, 4) is 5.75 Å². The Labute approximate surface area is 105 Å². The summed E-state index contributed by atoms with van der Waals surface area (Å²) in [4.78, 5) is 0. The van der Waals surface area contributed by atoms with Gasteiger partial charge in [-0.2, -0.15) is 0 Å². The van der Waals surface area contributed by atoms with Gasteiger partial charge in [-0.3, -0.25) is 0 Å². The van der Waals surface area contributed by atoms with Crippen molar-refractivity contribution in [3.63, 3.8) is 0 Å².